The third kappa shape index (κ3) is 3.76. The van der Waals surface area contributed by atoms with Crippen molar-refractivity contribution >= 4 is 17.5 Å². The first-order valence-electron chi connectivity index (χ1n) is 7.27. The summed E-state index contributed by atoms with van der Waals surface area (Å²) < 4.78 is 28.3. The van der Waals surface area contributed by atoms with Gasteiger partial charge < -0.3 is 10.6 Å². The van der Waals surface area contributed by atoms with Crippen LogP contribution < -0.4 is 10.6 Å². The highest BCUT2D eigenvalue weighted by Gasteiger charge is 2.20. The molecule has 2 aromatic heterocycles. The Bertz CT molecular complexity index is 753. The largest absolute Gasteiger partial charge is 0.354 e. The minimum absolute atomic E-state index is 0.0541. The second-order valence-corrected chi connectivity index (χ2v) is 5.04. The zero-order valence-corrected chi connectivity index (χ0v) is 13.5. The van der Waals surface area contributed by atoms with Gasteiger partial charge in [0.15, 0.2) is 5.69 Å². The molecule has 0 atom stereocenters. The van der Waals surface area contributed by atoms with Crippen LogP contribution in [-0.2, 0) is 17.9 Å². The van der Waals surface area contributed by atoms with Gasteiger partial charge in [-0.2, -0.15) is 10.2 Å². The van der Waals surface area contributed by atoms with E-state index in [2.05, 4.69) is 20.8 Å². The summed E-state index contributed by atoms with van der Waals surface area (Å²) in [6.45, 7) is 3.51. The fourth-order valence-corrected chi connectivity index (χ4v) is 2.15. The van der Waals surface area contributed by atoms with Crippen LogP contribution in [0.25, 0.3) is 0 Å². The summed E-state index contributed by atoms with van der Waals surface area (Å²) in [4.78, 5) is 23.9. The zero-order valence-electron chi connectivity index (χ0n) is 13.5. The summed E-state index contributed by atoms with van der Waals surface area (Å²) in [5, 5.41) is 12.9. The lowest BCUT2D eigenvalue weighted by molar-refractivity contribution is -0.117. The van der Waals surface area contributed by atoms with Crippen LogP contribution in [0, 0.1) is 6.92 Å². The van der Waals surface area contributed by atoms with E-state index in [1.165, 1.54) is 24.0 Å². The number of hydrogen-bond acceptors (Lipinski definition) is 4. The molecule has 10 heteroatoms. The summed E-state index contributed by atoms with van der Waals surface area (Å²) in [5.74, 6) is -1.04. The Kier molecular flexibility index (Phi) is 5.27. The van der Waals surface area contributed by atoms with Crippen LogP contribution in [0.4, 0.5) is 14.5 Å². The number of aromatic nitrogens is 4. The van der Waals surface area contributed by atoms with Gasteiger partial charge in [-0.05, 0) is 19.9 Å². The number of hydrogen-bond donors (Lipinski definition) is 2. The van der Waals surface area contributed by atoms with Crippen molar-refractivity contribution in [3.8, 4) is 0 Å². The van der Waals surface area contributed by atoms with Crippen LogP contribution in [0.5, 0.6) is 0 Å². The SMILES string of the molecule is CCn1cc(NC(=O)Cn2nc(C)cc2C(F)F)c(C(=O)NC)n1. The van der Waals surface area contributed by atoms with Crippen molar-refractivity contribution in [1.29, 1.82) is 0 Å². The predicted octanol–water partition coefficient (Wildman–Crippen LogP) is 1.34. The molecule has 0 unspecified atom stereocenters. The molecule has 0 radical (unpaired) electrons. The molecule has 0 bridgehead atoms. The van der Waals surface area contributed by atoms with Crippen LogP contribution in [0.3, 0.4) is 0 Å². The molecule has 8 nitrogen and oxygen atoms in total. The normalized spacial score (nSPS) is 10.9. The van der Waals surface area contributed by atoms with E-state index in [1.54, 1.807) is 6.92 Å². The third-order valence-corrected chi connectivity index (χ3v) is 3.25. The van der Waals surface area contributed by atoms with Gasteiger partial charge in [0.25, 0.3) is 12.3 Å². The Morgan fingerprint density at radius 3 is 2.62 bits per heavy atom. The van der Waals surface area contributed by atoms with E-state index in [1.807, 2.05) is 6.92 Å². The molecule has 2 N–H and O–H groups in total. The monoisotopic (exact) mass is 340 g/mol. The molecular formula is C14H18F2N6O2. The van der Waals surface area contributed by atoms with Gasteiger partial charge in [-0.25, -0.2) is 8.78 Å². The van der Waals surface area contributed by atoms with Crippen molar-refractivity contribution in [3.05, 3.63) is 29.3 Å². The highest BCUT2D eigenvalue weighted by Crippen LogP contribution is 2.20. The van der Waals surface area contributed by atoms with Gasteiger partial charge in [0.05, 0.1) is 11.4 Å². The van der Waals surface area contributed by atoms with Crippen molar-refractivity contribution in [2.75, 3.05) is 12.4 Å². The molecule has 0 saturated carbocycles. The molecule has 0 aliphatic carbocycles. The number of rotatable bonds is 6. The molecule has 24 heavy (non-hydrogen) atoms. The second kappa shape index (κ2) is 7.20. The molecule has 2 rings (SSSR count). The van der Waals surface area contributed by atoms with Gasteiger partial charge in [0.2, 0.25) is 5.91 Å². The van der Waals surface area contributed by atoms with E-state index in [-0.39, 0.29) is 17.1 Å². The molecule has 0 spiro atoms. The maximum atomic E-state index is 12.9. The molecule has 2 aromatic rings. The van der Waals surface area contributed by atoms with E-state index in [4.69, 9.17) is 0 Å². The molecular weight excluding hydrogens is 322 g/mol. The summed E-state index contributed by atoms with van der Waals surface area (Å²) in [6, 6.07) is 1.23. The topological polar surface area (TPSA) is 93.8 Å². The Morgan fingerprint density at radius 2 is 2.04 bits per heavy atom. The van der Waals surface area contributed by atoms with Crippen molar-refractivity contribution in [3.63, 3.8) is 0 Å². The molecule has 0 fully saturated rings. The first-order chi connectivity index (χ1) is 11.3. The summed E-state index contributed by atoms with van der Waals surface area (Å²) in [6.07, 6.45) is -1.23. The number of carbonyl (C=O) groups is 2. The van der Waals surface area contributed by atoms with E-state index in [0.717, 1.165) is 4.68 Å². The maximum absolute atomic E-state index is 12.9. The first kappa shape index (κ1) is 17.6. The van der Waals surface area contributed by atoms with Crippen LogP contribution in [0.2, 0.25) is 0 Å². The third-order valence-electron chi connectivity index (χ3n) is 3.25. The Balaban J connectivity index is 2.18. The van der Waals surface area contributed by atoms with Crippen LogP contribution in [0.1, 0.15) is 35.2 Å². The second-order valence-electron chi connectivity index (χ2n) is 5.04. The summed E-state index contributed by atoms with van der Waals surface area (Å²) in [5.41, 5.74) is 0.323. The number of carbonyl (C=O) groups excluding carboxylic acids is 2. The van der Waals surface area contributed by atoms with Gasteiger partial charge in [-0.15, -0.1) is 0 Å². The minimum atomic E-state index is -2.73. The Hall–Kier alpha value is -2.78. The van der Waals surface area contributed by atoms with Gasteiger partial charge in [-0.1, -0.05) is 0 Å². The van der Waals surface area contributed by atoms with Gasteiger partial charge >= 0.3 is 0 Å². The molecule has 0 saturated heterocycles. The number of nitrogens with zero attached hydrogens (tertiary/aromatic N) is 4. The highest BCUT2D eigenvalue weighted by atomic mass is 19.3. The summed E-state index contributed by atoms with van der Waals surface area (Å²) in [7, 11) is 1.44. The fraction of sp³-hybridized carbons (Fsp3) is 0.429. The van der Waals surface area contributed by atoms with E-state index >= 15 is 0 Å². The van der Waals surface area contributed by atoms with Gasteiger partial charge in [0.1, 0.15) is 12.2 Å². The lowest BCUT2D eigenvalue weighted by Gasteiger charge is -2.07. The average molecular weight is 340 g/mol. The molecule has 0 aliphatic rings. The average Bonchev–Trinajstić information content (AvgIpc) is 3.09. The molecule has 130 valence electrons. The molecule has 0 aromatic carbocycles. The van der Waals surface area contributed by atoms with Gasteiger partial charge in [0, 0.05) is 19.8 Å². The minimum Gasteiger partial charge on any atom is -0.354 e. The maximum Gasteiger partial charge on any atom is 0.280 e. The first-order valence-corrected chi connectivity index (χ1v) is 7.27. The lowest BCUT2D eigenvalue weighted by atomic mass is 10.3. The number of halogens is 2. The van der Waals surface area contributed by atoms with E-state index in [0.29, 0.717) is 12.2 Å². The predicted molar refractivity (Wildman–Crippen MR) is 81.8 cm³/mol. The van der Waals surface area contributed by atoms with Crippen molar-refractivity contribution < 1.29 is 18.4 Å². The quantitative estimate of drug-likeness (QED) is 0.830. The molecule has 2 heterocycles. The number of alkyl halides is 2. The fourth-order valence-electron chi connectivity index (χ4n) is 2.15. The molecule has 0 aliphatic heterocycles. The number of nitrogens with one attached hydrogen (secondary N) is 2. The standard InChI is InChI=1S/C14H18F2N6O2/c1-4-21-6-9(12(20-21)14(24)17-3)18-11(23)7-22-10(13(15)16)5-8(2)19-22/h5-6,13H,4,7H2,1-3H3,(H,17,24)(H,18,23). The number of aryl methyl sites for hydroxylation is 2. The Labute approximate surface area is 136 Å². The number of anilines is 1. The van der Waals surface area contributed by atoms with Crippen LogP contribution in [0.15, 0.2) is 12.3 Å². The smallest absolute Gasteiger partial charge is 0.280 e. The van der Waals surface area contributed by atoms with Crippen molar-refractivity contribution in [2.45, 2.75) is 33.4 Å². The van der Waals surface area contributed by atoms with Crippen molar-refractivity contribution in [1.82, 2.24) is 24.9 Å². The lowest BCUT2D eigenvalue weighted by Crippen LogP contribution is -2.24. The van der Waals surface area contributed by atoms with E-state index < -0.39 is 24.8 Å². The zero-order chi connectivity index (χ0) is 17.9. The Morgan fingerprint density at radius 1 is 1.33 bits per heavy atom. The summed E-state index contributed by atoms with van der Waals surface area (Å²) >= 11 is 0. The van der Waals surface area contributed by atoms with E-state index in [9.17, 15) is 18.4 Å². The highest BCUT2D eigenvalue weighted by molar-refractivity contribution is 6.02. The van der Waals surface area contributed by atoms with Gasteiger partial charge in [-0.3, -0.25) is 19.0 Å². The number of amides is 2. The van der Waals surface area contributed by atoms with Crippen LogP contribution >= 0.6 is 0 Å². The van der Waals surface area contributed by atoms with Crippen molar-refractivity contribution in [2.24, 2.45) is 0 Å². The van der Waals surface area contributed by atoms with Crippen LogP contribution in [-0.4, -0.2) is 38.4 Å². The molecule has 2 amide bonds.